The average molecular weight is 411 g/mol. The lowest BCUT2D eigenvalue weighted by Gasteiger charge is -2.27. The van der Waals surface area contributed by atoms with Crippen molar-refractivity contribution in [1.29, 1.82) is 0 Å². The van der Waals surface area contributed by atoms with Crippen LogP contribution >= 0.6 is 0 Å². The molecule has 0 aliphatic heterocycles. The molecule has 2 rings (SSSR count). The van der Waals surface area contributed by atoms with Crippen LogP contribution in [0.4, 0.5) is 18.0 Å². The molecule has 29 heavy (non-hydrogen) atoms. The van der Waals surface area contributed by atoms with Crippen molar-refractivity contribution >= 4 is 6.09 Å². The lowest BCUT2D eigenvalue weighted by Crippen LogP contribution is -2.33. The Morgan fingerprint density at radius 1 is 1.28 bits per heavy atom. The molecular weight excluding hydrogens is 387 g/mol. The third-order valence-electron chi connectivity index (χ3n) is 4.10. The van der Waals surface area contributed by atoms with Gasteiger partial charge in [0.15, 0.2) is 0 Å². The van der Waals surface area contributed by atoms with Gasteiger partial charge in [-0.15, -0.1) is 0 Å². The second-order valence-corrected chi connectivity index (χ2v) is 7.35. The molecule has 0 bridgehead atoms. The van der Waals surface area contributed by atoms with Crippen molar-refractivity contribution in [3.05, 3.63) is 41.9 Å². The first-order valence-electron chi connectivity index (χ1n) is 9.03. The van der Waals surface area contributed by atoms with Crippen LogP contribution in [-0.2, 0) is 11.4 Å². The van der Waals surface area contributed by atoms with E-state index in [1.54, 1.807) is 26.0 Å². The topological polar surface area (TPSA) is 87.3 Å². The summed E-state index contributed by atoms with van der Waals surface area (Å²) < 4.78 is 49.9. The second kappa shape index (κ2) is 9.58. The van der Waals surface area contributed by atoms with Gasteiger partial charge in [-0.25, -0.2) is 22.9 Å². The van der Waals surface area contributed by atoms with Crippen LogP contribution in [0.2, 0.25) is 0 Å². The maximum atomic E-state index is 13.5. The maximum Gasteiger partial charge on any atom is 0.405 e. The van der Waals surface area contributed by atoms with Gasteiger partial charge in [-0.05, 0) is 50.5 Å². The third kappa shape index (κ3) is 6.62. The minimum absolute atomic E-state index is 0.0229. The Labute approximate surface area is 167 Å². The number of halogens is 3. The molecule has 0 spiro atoms. The maximum absolute atomic E-state index is 13.5. The summed E-state index contributed by atoms with van der Waals surface area (Å²) in [6.07, 6.45) is -1.81. The number of hydrogen-bond acceptors (Lipinski definition) is 5. The summed E-state index contributed by atoms with van der Waals surface area (Å²) in [4.78, 5) is 18.7. The van der Waals surface area contributed by atoms with Crippen molar-refractivity contribution in [2.24, 2.45) is 11.7 Å². The Morgan fingerprint density at radius 2 is 2.00 bits per heavy atom. The molecule has 0 fully saturated rings. The third-order valence-corrected chi connectivity index (χ3v) is 4.10. The van der Waals surface area contributed by atoms with E-state index >= 15 is 0 Å². The zero-order valence-corrected chi connectivity index (χ0v) is 16.5. The van der Waals surface area contributed by atoms with Crippen molar-refractivity contribution in [3.8, 4) is 17.0 Å². The van der Waals surface area contributed by atoms with Crippen molar-refractivity contribution in [2.45, 2.75) is 45.9 Å². The summed E-state index contributed by atoms with van der Waals surface area (Å²) in [5.74, 6) is 0.241. The molecule has 0 aliphatic carbocycles. The Balaban J connectivity index is 2.09. The molecule has 2 aromatic heterocycles. The van der Waals surface area contributed by atoms with Gasteiger partial charge < -0.3 is 15.2 Å². The zero-order chi connectivity index (χ0) is 21.6. The minimum atomic E-state index is -2.71. The van der Waals surface area contributed by atoms with Crippen LogP contribution < -0.4 is 10.5 Å². The van der Waals surface area contributed by atoms with Crippen LogP contribution in [0, 0.1) is 5.92 Å². The number of ether oxygens (including phenoxy) is 2. The van der Waals surface area contributed by atoms with E-state index in [1.165, 1.54) is 18.3 Å². The average Bonchev–Trinajstić information content (AvgIpc) is 2.64. The van der Waals surface area contributed by atoms with E-state index in [0.717, 1.165) is 0 Å². The lowest BCUT2D eigenvalue weighted by atomic mass is 9.95. The van der Waals surface area contributed by atoms with Gasteiger partial charge in [-0.2, -0.15) is 0 Å². The number of alkyl halides is 3. The van der Waals surface area contributed by atoms with Crippen LogP contribution in [0.1, 0.15) is 45.0 Å². The first-order valence-corrected chi connectivity index (χ1v) is 9.03. The quantitative estimate of drug-likeness (QED) is 0.639. The number of nitrogens with two attached hydrogens (primary N) is 1. The number of amides is 1. The smallest absolute Gasteiger partial charge is 0.405 e. The monoisotopic (exact) mass is 411 g/mol. The normalized spacial score (nSPS) is 12.7. The van der Waals surface area contributed by atoms with Gasteiger partial charge in [-0.1, -0.05) is 6.92 Å². The number of nitrogens with zero attached hydrogens (tertiary/aromatic N) is 2. The van der Waals surface area contributed by atoms with E-state index in [4.69, 9.17) is 15.2 Å². The highest BCUT2D eigenvalue weighted by atomic mass is 19.3. The Bertz CT molecular complexity index is 847. The number of pyridine rings is 2. The summed E-state index contributed by atoms with van der Waals surface area (Å²) in [5.41, 5.74) is 4.75. The molecule has 2 heterocycles. The molecule has 0 aromatic carbocycles. The summed E-state index contributed by atoms with van der Waals surface area (Å²) in [5, 5.41) is 0. The SMILES string of the molecule is C[C@H](COc1ccc(-c2ccnc(C(F)F)c2)nc1CF)CC(C)(C)OC(N)=O. The minimum Gasteiger partial charge on any atom is -0.491 e. The van der Waals surface area contributed by atoms with E-state index in [-0.39, 0.29) is 29.7 Å². The first kappa shape index (κ1) is 22.4. The van der Waals surface area contributed by atoms with E-state index in [2.05, 4.69) is 9.97 Å². The molecule has 9 heteroatoms. The fourth-order valence-electron chi connectivity index (χ4n) is 3.05. The molecule has 2 N–H and O–H groups in total. The Kier molecular flexibility index (Phi) is 7.41. The van der Waals surface area contributed by atoms with Crippen LogP contribution in [0.15, 0.2) is 30.5 Å². The van der Waals surface area contributed by atoms with E-state index in [0.29, 0.717) is 17.7 Å². The van der Waals surface area contributed by atoms with Crippen LogP contribution in [0.3, 0.4) is 0 Å². The highest BCUT2D eigenvalue weighted by molar-refractivity contribution is 5.65. The number of carbonyl (C=O) groups excluding carboxylic acids is 1. The van der Waals surface area contributed by atoms with Crippen molar-refractivity contribution in [3.63, 3.8) is 0 Å². The molecule has 6 nitrogen and oxygen atoms in total. The molecule has 1 amide bonds. The molecule has 0 saturated heterocycles. The van der Waals surface area contributed by atoms with Gasteiger partial charge in [0.05, 0.1) is 12.3 Å². The van der Waals surface area contributed by atoms with Gasteiger partial charge in [0.2, 0.25) is 0 Å². The fourth-order valence-corrected chi connectivity index (χ4v) is 3.05. The molecule has 2 aromatic rings. The van der Waals surface area contributed by atoms with Gasteiger partial charge in [0, 0.05) is 11.8 Å². The van der Waals surface area contributed by atoms with E-state index < -0.39 is 24.8 Å². The molecule has 0 aliphatic rings. The molecular formula is C20H24F3N3O3. The Morgan fingerprint density at radius 3 is 2.62 bits per heavy atom. The summed E-state index contributed by atoms with van der Waals surface area (Å²) in [6.45, 7) is 4.73. The van der Waals surface area contributed by atoms with Gasteiger partial charge >= 0.3 is 6.09 Å². The van der Waals surface area contributed by atoms with E-state index in [1.807, 2.05) is 6.92 Å². The van der Waals surface area contributed by atoms with Crippen LogP contribution in [0.25, 0.3) is 11.3 Å². The van der Waals surface area contributed by atoms with Crippen LogP contribution in [-0.4, -0.2) is 28.3 Å². The van der Waals surface area contributed by atoms with Crippen molar-refractivity contribution in [2.75, 3.05) is 6.61 Å². The van der Waals surface area contributed by atoms with E-state index in [9.17, 15) is 18.0 Å². The predicted molar refractivity (Wildman–Crippen MR) is 101 cm³/mol. The highest BCUT2D eigenvalue weighted by Crippen LogP contribution is 2.27. The fraction of sp³-hybridized carbons (Fsp3) is 0.450. The number of aromatic nitrogens is 2. The van der Waals surface area contributed by atoms with Gasteiger partial charge in [0.25, 0.3) is 6.43 Å². The molecule has 0 unspecified atom stereocenters. The predicted octanol–water partition coefficient (Wildman–Crippen LogP) is 4.83. The van der Waals surface area contributed by atoms with Crippen molar-refractivity contribution in [1.82, 2.24) is 9.97 Å². The van der Waals surface area contributed by atoms with Gasteiger partial charge in [-0.3, -0.25) is 4.98 Å². The molecule has 0 saturated carbocycles. The van der Waals surface area contributed by atoms with Crippen LogP contribution in [0.5, 0.6) is 5.75 Å². The van der Waals surface area contributed by atoms with Gasteiger partial charge in [0.1, 0.15) is 29.4 Å². The first-order chi connectivity index (χ1) is 13.6. The Hall–Kier alpha value is -2.84. The largest absolute Gasteiger partial charge is 0.491 e. The zero-order valence-electron chi connectivity index (χ0n) is 16.5. The number of carbonyl (C=O) groups is 1. The lowest BCUT2D eigenvalue weighted by molar-refractivity contribution is 0.0227. The molecule has 1 atom stereocenters. The standard InChI is InChI=1S/C20H24F3N3O3/c1-12(9-20(2,3)29-19(24)27)11-28-17-5-4-14(26-16(17)10-21)13-6-7-25-15(8-13)18(22)23/h4-8,12,18H,9-11H2,1-3H3,(H2,24,27)/t12-/m0/s1. The number of rotatable bonds is 9. The highest BCUT2D eigenvalue weighted by Gasteiger charge is 2.25. The summed E-state index contributed by atoms with van der Waals surface area (Å²) in [6, 6.07) is 5.87. The van der Waals surface area contributed by atoms with Crippen molar-refractivity contribution < 1.29 is 27.4 Å². The summed E-state index contributed by atoms with van der Waals surface area (Å²) >= 11 is 0. The molecule has 0 radical (unpaired) electrons. The molecule has 158 valence electrons. The number of primary amides is 1. The number of hydrogen-bond donors (Lipinski definition) is 1. The summed E-state index contributed by atoms with van der Waals surface area (Å²) in [7, 11) is 0. The second-order valence-electron chi connectivity index (χ2n) is 7.35.